The molecule has 0 spiro atoms. The molecule has 1 atom stereocenters. The summed E-state index contributed by atoms with van der Waals surface area (Å²) >= 11 is 0. The van der Waals surface area contributed by atoms with Gasteiger partial charge in [-0.1, -0.05) is 6.07 Å². The lowest BCUT2D eigenvalue weighted by molar-refractivity contribution is 0.0940. The van der Waals surface area contributed by atoms with Gasteiger partial charge < -0.3 is 5.32 Å². The zero-order valence-corrected chi connectivity index (χ0v) is 13.3. The second kappa shape index (κ2) is 6.34. The monoisotopic (exact) mass is 297 g/mol. The highest BCUT2D eigenvalue weighted by Gasteiger charge is 2.15. The van der Waals surface area contributed by atoms with Crippen molar-refractivity contribution in [3.63, 3.8) is 0 Å². The van der Waals surface area contributed by atoms with Crippen LogP contribution in [-0.4, -0.2) is 22.1 Å². The van der Waals surface area contributed by atoms with Crippen LogP contribution in [0.5, 0.6) is 0 Å². The van der Waals surface area contributed by atoms with E-state index < -0.39 is 0 Å². The largest absolute Gasteiger partial charge is 0.349 e. The van der Waals surface area contributed by atoms with E-state index in [1.54, 1.807) is 0 Å². The highest BCUT2D eigenvalue weighted by molar-refractivity contribution is 5.94. The van der Waals surface area contributed by atoms with Gasteiger partial charge in [-0.25, -0.2) is 0 Å². The maximum Gasteiger partial charge on any atom is 0.251 e. The predicted octanol–water partition coefficient (Wildman–Crippen LogP) is 2.96. The van der Waals surface area contributed by atoms with Crippen LogP contribution in [-0.2, 0) is 19.3 Å². The van der Waals surface area contributed by atoms with Crippen molar-refractivity contribution in [2.24, 2.45) is 0 Å². The number of nitrogens with zero attached hydrogens (tertiary/aromatic N) is 1. The standard InChI is InChI=1S/C18H23N3O/c1-12(9-17-10-13(2)20-21-17)19-18(22)16-8-7-14-5-3-4-6-15(14)11-16/h7-8,10-12H,3-6,9H2,1-2H3,(H,19,22)(H,20,21). The Morgan fingerprint density at radius 1 is 1.27 bits per heavy atom. The Labute approximate surface area is 131 Å². The molecule has 1 aliphatic carbocycles. The third kappa shape index (κ3) is 3.38. The van der Waals surface area contributed by atoms with Crippen LogP contribution in [0.15, 0.2) is 24.3 Å². The number of hydrogen-bond acceptors (Lipinski definition) is 2. The minimum atomic E-state index is 0.00753. The Hall–Kier alpha value is -2.10. The molecule has 0 radical (unpaired) electrons. The number of amides is 1. The van der Waals surface area contributed by atoms with E-state index in [1.165, 1.54) is 24.0 Å². The van der Waals surface area contributed by atoms with E-state index in [-0.39, 0.29) is 11.9 Å². The van der Waals surface area contributed by atoms with Crippen molar-refractivity contribution in [1.29, 1.82) is 0 Å². The number of fused-ring (bicyclic) bond motifs is 1. The van der Waals surface area contributed by atoms with Gasteiger partial charge in [0.25, 0.3) is 5.91 Å². The number of aromatic nitrogens is 2. The molecule has 2 N–H and O–H groups in total. The Morgan fingerprint density at radius 2 is 2.05 bits per heavy atom. The Balaban J connectivity index is 1.63. The van der Waals surface area contributed by atoms with Crippen molar-refractivity contribution in [2.75, 3.05) is 0 Å². The molecule has 1 amide bonds. The number of aromatic amines is 1. The molecule has 2 aromatic rings. The molecule has 4 nitrogen and oxygen atoms in total. The summed E-state index contributed by atoms with van der Waals surface area (Å²) in [6, 6.07) is 8.21. The first-order valence-corrected chi connectivity index (χ1v) is 8.05. The van der Waals surface area contributed by atoms with Gasteiger partial charge in [0, 0.05) is 23.7 Å². The van der Waals surface area contributed by atoms with Crippen LogP contribution in [0, 0.1) is 6.92 Å². The number of nitrogens with one attached hydrogen (secondary N) is 2. The number of benzene rings is 1. The van der Waals surface area contributed by atoms with Gasteiger partial charge in [-0.15, -0.1) is 0 Å². The van der Waals surface area contributed by atoms with Crippen molar-refractivity contribution >= 4 is 5.91 Å². The first-order valence-electron chi connectivity index (χ1n) is 8.05. The molecule has 4 heteroatoms. The van der Waals surface area contributed by atoms with E-state index in [4.69, 9.17) is 0 Å². The third-order valence-corrected chi connectivity index (χ3v) is 4.26. The zero-order valence-electron chi connectivity index (χ0n) is 13.3. The van der Waals surface area contributed by atoms with Crippen LogP contribution in [0.1, 0.15) is 52.6 Å². The zero-order chi connectivity index (χ0) is 15.5. The number of rotatable bonds is 4. The van der Waals surface area contributed by atoms with E-state index in [9.17, 15) is 4.79 Å². The lowest BCUT2D eigenvalue weighted by Gasteiger charge is -2.17. The number of aryl methyl sites for hydroxylation is 3. The topological polar surface area (TPSA) is 57.8 Å². The van der Waals surface area contributed by atoms with E-state index in [0.717, 1.165) is 36.2 Å². The minimum absolute atomic E-state index is 0.00753. The molecule has 0 aliphatic heterocycles. The molecule has 1 aromatic heterocycles. The van der Waals surface area contributed by atoms with E-state index in [2.05, 4.69) is 27.6 Å². The van der Waals surface area contributed by atoms with Crippen molar-refractivity contribution < 1.29 is 4.79 Å². The molecule has 0 bridgehead atoms. The first kappa shape index (κ1) is 14.8. The highest BCUT2D eigenvalue weighted by Crippen LogP contribution is 2.22. The molecular formula is C18H23N3O. The molecule has 116 valence electrons. The van der Waals surface area contributed by atoms with Crippen LogP contribution < -0.4 is 5.32 Å². The summed E-state index contributed by atoms with van der Waals surface area (Å²) < 4.78 is 0. The lowest BCUT2D eigenvalue weighted by atomic mass is 9.90. The molecule has 0 fully saturated rings. The Kier molecular flexibility index (Phi) is 4.27. The fourth-order valence-electron chi connectivity index (χ4n) is 3.13. The molecule has 1 unspecified atom stereocenters. The fraction of sp³-hybridized carbons (Fsp3) is 0.444. The van der Waals surface area contributed by atoms with Gasteiger partial charge in [0.15, 0.2) is 0 Å². The number of hydrogen-bond donors (Lipinski definition) is 2. The maximum absolute atomic E-state index is 12.4. The molecule has 3 rings (SSSR count). The SMILES string of the molecule is Cc1cc(CC(C)NC(=O)c2ccc3c(c2)CCCC3)n[nH]1. The maximum atomic E-state index is 12.4. The second-order valence-corrected chi connectivity index (χ2v) is 6.31. The van der Waals surface area contributed by atoms with Crippen molar-refractivity contribution in [2.45, 2.75) is 52.0 Å². The van der Waals surface area contributed by atoms with Crippen LogP contribution in [0.4, 0.5) is 0 Å². The summed E-state index contributed by atoms with van der Waals surface area (Å²) in [6.45, 7) is 3.99. The summed E-state index contributed by atoms with van der Waals surface area (Å²) in [5.74, 6) is 0.00753. The number of H-pyrrole nitrogens is 1. The average Bonchev–Trinajstić information content (AvgIpc) is 2.91. The average molecular weight is 297 g/mol. The summed E-state index contributed by atoms with van der Waals surface area (Å²) in [6.07, 6.45) is 5.47. The van der Waals surface area contributed by atoms with Crippen LogP contribution in [0.25, 0.3) is 0 Å². The van der Waals surface area contributed by atoms with Crippen LogP contribution >= 0.6 is 0 Å². The molecular weight excluding hydrogens is 274 g/mol. The minimum Gasteiger partial charge on any atom is -0.349 e. The van der Waals surface area contributed by atoms with Crippen LogP contribution in [0.2, 0.25) is 0 Å². The fourth-order valence-corrected chi connectivity index (χ4v) is 3.13. The van der Waals surface area contributed by atoms with Crippen LogP contribution in [0.3, 0.4) is 0 Å². The third-order valence-electron chi connectivity index (χ3n) is 4.26. The Bertz CT molecular complexity index is 675. The molecule has 1 aliphatic rings. The van der Waals surface area contributed by atoms with E-state index in [1.807, 2.05) is 26.0 Å². The van der Waals surface area contributed by atoms with Crippen molar-refractivity contribution in [3.8, 4) is 0 Å². The van der Waals surface area contributed by atoms with Gasteiger partial charge in [-0.05, 0) is 68.9 Å². The molecule has 1 aromatic carbocycles. The van der Waals surface area contributed by atoms with Crippen molar-refractivity contribution in [3.05, 3.63) is 52.3 Å². The highest BCUT2D eigenvalue weighted by atomic mass is 16.1. The number of carbonyl (C=O) groups excluding carboxylic acids is 1. The smallest absolute Gasteiger partial charge is 0.251 e. The van der Waals surface area contributed by atoms with Gasteiger partial charge in [-0.2, -0.15) is 5.10 Å². The second-order valence-electron chi connectivity index (χ2n) is 6.31. The lowest BCUT2D eigenvalue weighted by Crippen LogP contribution is -2.34. The summed E-state index contributed by atoms with van der Waals surface area (Å²) in [5.41, 5.74) is 5.54. The van der Waals surface area contributed by atoms with E-state index >= 15 is 0 Å². The molecule has 22 heavy (non-hydrogen) atoms. The van der Waals surface area contributed by atoms with Gasteiger partial charge in [0.1, 0.15) is 0 Å². The first-order chi connectivity index (χ1) is 10.6. The quantitative estimate of drug-likeness (QED) is 0.911. The molecule has 0 saturated carbocycles. The molecule has 1 heterocycles. The van der Waals surface area contributed by atoms with Gasteiger partial charge in [0.05, 0.1) is 5.69 Å². The molecule has 0 saturated heterocycles. The van der Waals surface area contributed by atoms with Gasteiger partial charge >= 0.3 is 0 Å². The normalized spacial score (nSPS) is 15.2. The van der Waals surface area contributed by atoms with E-state index in [0.29, 0.717) is 0 Å². The predicted molar refractivity (Wildman–Crippen MR) is 87.0 cm³/mol. The summed E-state index contributed by atoms with van der Waals surface area (Å²) in [5, 5.41) is 10.2. The summed E-state index contributed by atoms with van der Waals surface area (Å²) in [7, 11) is 0. The summed E-state index contributed by atoms with van der Waals surface area (Å²) in [4.78, 5) is 12.4. The van der Waals surface area contributed by atoms with Crippen molar-refractivity contribution in [1.82, 2.24) is 15.5 Å². The van der Waals surface area contributed by atoms with Gasteiger partial charge in [0.2, 0.25) is 0 Å². The Morgan fingerprint density at radius 3 is 2.77 bits per heavy atom. The number of carbonyl (C=O) groups is 1. The van der Waals surface area contributed by atoms with Gasteiger partial charge in [-0.3, -0.25) is 9.89 Å².